The van der Waals surface area contributed by atoms with E-state index in [1.807, 2.05) is 6.92 Å². The minimum absolute atomic E-state index is 0.260. The van der Waals surface area contributed by atoms with Crippen molar-refractivity contribution in [3.8, 4) is 5.75 Å². The highest BCUT2D eigenvalue weighted by Gasteiger charge is 2.31. The lowest BCUT2D eigenvalue weighted by Gasteiger charge is -2.36. The van der Waals surface area contributed by atoms with Crippen LogP contribution >= 0.6 is 0 Å². The Hall–Kier alpha value is -2.18. The van der Waals surface area contributed by atoms with Crippen molar-refractivity contribution in [2.24, 2.45) is 11.8 Å². The molecule has 25 heavy (non-hydrogen) atoms. The molecule has 2 unspecified atom stereocenters. The molecule has 0 amide bonds. The molecule has 0 radical (unpaired) electrons. The highest BCUT2D eigenvalue weighted by Crippen LogP contribution is 2.25. The van der Waals surface area contributed by atoms with Crippen molar-refractivity contribution in [3.63, 3.8) is 0 Å². The summed E-state index contributed by atoms with van der Waals surface area (Å²) in [4.78, 5) is 2.06. The van der Waals surface area contributed by atoms with Gasteiger partial charge in [-0.3, -0.25) is 5.41 Å². The van der Waals surface area contributed by atoms with Crippen LogP contribution in [0.5, 0.6) is 5.75 Å². The predicted molar refractivity (Wildman–Crippen MR) is 92.7 cm³/mol. The zero-order chi connectivity index (χ0) is 18.6. The molecule has 138 valence electrons. The number of benzene rings is 1. The van der Waals surface area contributed by atoms with E-state index < -0.39 is 6.36 Å². The average molecular weight is 355 g/mol. The molecule has 4 nitrogen and oxygen atoms in total. The highest BCUT2D eigenvalue weighted by atomic mass is 19.4. The van der Waals surface area contributed by atoms with E-state index in [9.17, 15) is 13.2 Å². The maximum absolute atomic E-state index is 12.2. The second-order valence-electron chi connectivity index (χ2n) is 6.76. The Balaban J connectivity index is 1.95. The molecule has 0 bridgehead atoms. The number of amidine groups is 1. The number of hydrogen-bond acceptors (Lipinski definition) is 3. The van der Waals surface area contributed by atoms with E-state index in [0.29, 0.717) is 23.4 Å². The quantitative estimate of drug-likeness (QED) is 0.599. The second kappa shape index (κ2) is 7.80. The molecule has 0 aliphatic carbocycles. The smallest absolute Gasteiger partial charge is 0.406 e. The summed E-state index contributed by atoms with van der Waals surface area (Å²) in [5, 5.41) is 11.3. The van der Waals surface area contributed by atoms with Gasteiger partial charge in [0.05, 0.1) is 0 Å². The normalized spacial score (nSPS) is 21.8. The Kier molecular flexibility index (Phi) is 5.98. The molecule has 1 saturated heterocycles. The van der Waals surface area contributed by atoms with Gasteiger partial charge < -0.3 is 15.0 Å². The number of allylic oxidation sites excluding steroid dienone is 1. The van der Waals surface area contributed by atoms with Crippen LogP contribution in [0.1, 0.15) is 27.2 Å². The first-order chi connectivity index (χ1) is 11.6. The Bertz CT molecular complexity index is 615. The summed E-state index contributed by atoms with van der Waals surface area (Å²) in [5.74, 6) is 1.31. The molecular weight excluding hydrogens is 331 g/mol. The van der Waals surface area contributed by atoms with Gasteiger partial charge in [-0.25, -0.2) is 0 Å². The lowest BCUT2D eigenvalue weighted by atomic mass is 9.92. The van der Waals surface area contributed by atoms with E-state index in [-0.39, 0.29) is 5.75 Å². The number of hydrogen-bond donors (Lipinski definition) is 2. The molecule has 1 aliphatic rings. The Labute approximate surface area is 146 Å². The third kappa shape index (κ3) is 6.32. The number of nitrogens with zero attached hydrogens (tertiary/aromatic N) is 1. The van der Waals surface area contributed by atoms with Crippen molar-refractivity contribution in [2.75, 3.05) is 18.4 Å². The number of halogens is 3. The van der Waals surface area contributed by atoms with Crippen molar-refractivity contribution >= 4 is 11.5 Å². The lowest BCUT2D eigenvalue weighted by Crippen LogP contribution is -2.41. The topological polar surface area (TPSA) is 48.4 Å². The molecule has 1 aromatic rings. The number of ether oxygens (including phenoxy) is 1. The first kappa shape index (κ1) is 19.1. The highest BCUT2D eigenvalue weighted by molar-refractivity contribution is 5.91. The fraction of sp³-hybridized carbons (Fsp3) is 0.500. The molecule has 2 N–H and O–H groups in total. The van der Waals surface area contributed by atoms with Crippen molar-refractivity contribution < 1.29 is 17.9 Å². The SMILES string of the molecule is C/C(=C/C(=N)N1CC(C)CC(C)C1)Nc1ccc(OC(F)(F)F)cc1. The summed E-state index contributed by atoms with van der Waals surface area (Å²) in [6, 6.07) is 5.52. The standard InChI is InChI=1S/C18H24F3N3O/c1-12-8-13(2)11-24(10-12)17(22)9-14(3)23-15-4-6-16(7-5-15)25-18(19,20)21/h4-7,9,12-13,22-23H,8,10-11H2,1-3H3/b14-9-,22-17?. The second-order valence-corrected chi connectivity index (χ2v) is 6.76. The predicted octanol–water partition coefficient (Wildman–Crippen LogP) is 4.86. The summed E-state index contributed by atoms with van der Waals surface area (Å²) in [7, 11) is 0. The summed E-state index contributed by atoms with van der Waals surface area (Å²) in [6.45, 7) is 7.95. The summed E-state index contributed by atoms with van der Waals surface area (Å²) in [6.07, 6.45) is -1.77. The minimum atomic E-state index is -4.69. The molecule has 1 aliphatic heterocycles. The van der Waals surface area contributed by atoms with Crippen LogP contribution in [0.4, 0.5) is 18.9 Å². The number of alkyl halides is 3. The van der Waals surface area contributed by atoms with E-state index in [1.54, 1.807) is 6.08 Å². The third-order valence-electron chi connectivity index (χ3n) is 3.99. The lowest BCUT2D eigenvalue weighted by molar-refractivity contribution is -0.274. The zero-order valence-corrected chi connectivity index (χ0v) is 14.7. The van der Waals surface area contributed by atoms with Crippen LogP contribution in [-0.2, 0) is 0 Å². The maximum Gasteiger partial charge on any atom is 0.573 e. The summed E-state index contributed by atoms with van der Waals surface area (Å²) in [5.41, 5.74) is 1.39. The molecule has 1 heterocycles. The van der Waals surface area contributed by atoms with E-state index in [2.05, 4.69) is 28.8 Å². The van der Waals surface area contributed by atoms with Crippen LogP contribution in [0.2, 0.25) is 0 Å². The fourth-order valence-corrected chi connectivity index (χ4v) is 3.16. The van der Waals surface area contributed by atoms with Crippen molar-refractivity contribution in [3.05, 3.63) is 36.0 Å². The van der Waals surface area contributed by atoms with Crippen LogP contribution in [0.15, 0.2) is 36.0 Å². The third-order valence-corrected chi connectivity index (χ3v) is 3.99. The minimum Gasteiger partial charge on any atom is -0.406 e. The van der Waals surface area contributed by atoms with E-state index in [0.717, 1.165) is 18.8 Å². The van der Waals surface area contributed by atoms with Gasteiger partial charge >= 0.3 is 6.36 Å². The molecule has 1 fully saturated rings. The fourth-order valence-electron chi connectivity index (χ4n) is 3.16. The van der Waals surface area contributed by atoms with Crippen molar-refractivity contribution in [1.82, 2.24) is 4.90 Å². The Morgan fingerprint density at radius 2 is 1.76 bits per heavy atom. The monoisotopic (exact) mass is 355 g/mol. The van der Waals surface area contributed by atoms with E-state index >= 15 is 0 Å². The van der Waals surface area contributed by atoms with Gasteiger partial charge in [-0.1, -0.05) is 13.8 Å². The zero-order valence-electron chi connectivity index (χ0n) is 14.7. The molecular formula is C18H24F3N3O. The van der Waals surface area contributed by atoms with Gasteiger partial charge in [0.25, 0.3) is 0 Å². The van der Waals surface area contributed by atoms with Crippen LogP contribution < -0.4 is 10.1 Å². The number of rotatable bonds is 4. The number of nitrogens with one attached hydrogen (secondary N) is 2. The number of piperidine rings is 1. The van der Waals surface area contributed by atoms with Gasteiger partial charge in [-0.2, -0.15) is 0 Å². The number of anilines is 1. The molecule has 7 heteroatoms. The molecule has 0 aromatic heterocycles. The van der Waals surface area contributed by atoms with Gasteiger partial charge in [0.15, 0.2) is 0 Å². The summed E-state index contributed by atoms with van der Waals surface area (Å²) >= 11 is 0. The van der Waals surface area contributed by atoms with Crippen LogP contribution in [0.3, 0.4) is 0 Å². The number of likely N-dealkylation sites (tertiary alicyclic amines) is 1. The van der Waals surface area contributed by atoms with Gasteiger partial charge in [-0.15, -0.1) is 13.2 Å². The molecule has 2 rings (SSSR count). The van der Waals surface area contributed by atoms with Crippen LogP contribution in [0, 0.1) is 17.2 Å². The first-order valence-electron chi connectivity index (χ1n) is 8.27. The van der Waals surface area contributed by atoms with E-state index in [4.69, 9.17) is 5.41 Å². The van der Waals surface area contributed by atoms with Crippen LogP contribution in [0.25, 0.3) is 0 Å². The Morgan fingerprint density at radius 1 is 1.20 bits per heavy atom. The summed E-state index contributed by atoms with van der Waals surface area (Å²) < 4.78 is 40.3. The van der Waals surface area contributed by atoms with Gasteiger partial charge in [0.1, 0.15) is 11.6 Å². The molecule has 1 aromatic carbocycles. The van der Waals surface area contributed by atoms with Gasteiger partial charge in [0, 0.05) is 24.5 Å². The molecule has 0 spiro atoms. The van der Waals surface area contributed by atoms with Gasteiger partial charge in [0.2, 0.25) is 0 Å². The molecule has 0 saturated carbocycles. The van der Waals surface area contributed by atoms with Crippen molar-refractivity contribution in [2.45, 2.75) is 33.6 Å². The maximum atomic E-state index is 12.2. The molecule has 2 atom stereocenters. The first-order valence-corrected chi connectivity index (χ1v) is 8.27. The van der Waals surface area contributed by atoms with E-state index in [1.165, 1.54) is 30.7 Å². The van der Waals surface area contributed by atoms with Crippen LogP contribution in [-0.4, -0.2) is 30.2 Å². The average Bonchev–Trinajstić information content (AvgIpc) is 2.46. The largest absolute Gasteiger partial charge is 0.573 e. The Morgan fingerprint density at radius 3 is 2.28 bits per heavy atom. The van der Waals surface area contributed by atoms with Crippen molar-refractivity contribution in [1.29, 1.82) is 5.41 Å². The van der Waals surface area contributed by atoms with Gasteiger partial charge in [-0.05, 0) is 55.5 Å².